The quantitative estimate of drug-likeness (QED) is 0.773. The Morgan fingerprint density at radius 1 is 1.05 bits per heavy atom. The van der Waals surface area contributed by atoms with Gasteiger partial charge in [-0.2, -0.15) is 0 Å². The van der Waals surface area contributed by atoms with Crippen molar-refractivity contribution >= 4 is 0 Å². The molecule has 0 aromatic heterocycles. The molecule has 2 nitrogen and oxygen atoms in total. The first-order chi connectivity index (χ1) is 9.06. The third-order valence-corrected chi connectivity index (χ3v) is 4.16. The monoisotopic (exact) mass is 262 g/mol. The van der Waals surface area contributed by atoms with Crippen LogP contribution >= 0.6 is 0 Å². The highest BCUT2D eigenvalue weighted by Crippen LogP contribution is 2.22. The van der Waals surface area contributed by atoms with Crippen molar-refractivity contribution in [3.8, 4) is 0 Å². The van der Waals surface area contributed by atoms with Crippen LogP contribution in [0.1, 0.15) is 40.2 Å². The van der Waals surface area contributed by atoms with Gasteiger partial charge in [-0.05, 0) is 45.5 Å². The Kier molecular flexibility index (Phi) is 6.53. The average molecular weight is 262 g/mol. The summed E-state index contributed by atoms with van der Waals surface area (Å²) < 4.78 is 0. The number of hydrogen-bond acceptors (Lipinski definition) is 2. The van der Waals surface area contributed by atoms with Gasteiger partial charge in [0.1, 0.15) is 0 Å². The van der Waals surface area contributed by atoms with E-state index in [2.05, 4.69) is 75.2 Å². The SMILES string of the molecule is CCNC(Cc1ccccc1)C(C)(C)N(CC)CC. The van der Waals surface area contributed by atoms with Gasteiger partial charge in [0.15, 0.2) is 0 Å². The lowest BCUT2D eigenvalue weighted by atomic mass is 9.87. The Morgan fingerprint density at radius 2 is 1.63 bits per heavy atom. The highest BCUT2D eigenvalue weighted by molar-refractivity contribution is 5.17. The standard InChI is InChI=1S/C17H30N2/c1-6-18-16(14-15-12-10-9-11-13-15)17(4,5)19(7-2)8-3/h9-13,16,18H,6-8,14H2,1-5H3. The molecule has 2 heteroatoms. The number of nitrogens with zero attached hydrogens (tertiary/aromatic N) is 1. The van der Waals surface area contributed by atoms with Crippen molar-refractivity contribution in [2.24, 2.45) is 0 Å². The van der Waals surface area contributed by atoms with E-state index in [1.54, 1.807) is 0 Å². The topological polar surface area (TPSA) is 15.3 Å². The van der Waals surface area contributed by atoms with Crippen molar-refractivity contribution in [3.63, 3.8) is 0 Å². The molecule has 0 aliphatic carbocycles. The van der Waals surface area contributed by atoms with Crippen molar-refractivity contribution in [2.45, 2.75) is 52.6 Å². The molecule has 0 aliphatic heterocycles. The van der Waals surface area contributed by atoms with E-state index in [0.29, 0.717) is 6.04 Å². The molecule has 1 N–H and O–H groups in total. The van der Waals surface area contributed by atoms with Gasteiger partial charge in [0.25, 0.3) is 0 Å². The van der Waals surface area contributed by atoms with Gasteiger partial charge in [-0.15, -0.1) is 0 Å². The van der Waals surface area contributed by atoms with E-state index in [1.165, 1.54) is 5.56 Å². The second kappa shape index (κ2) is 7.66. The fourth-order valence-corrected chi connectivity index (χ4v) is 2.93. The summed E-state index contributed by atoms with van der Waals surface area (Å²) in [5.41, 5.74) is 1.57. The third kappa shape index (κ3) is 4.32. The maximum Gasteiger partial charge on any atom is 0.0309 e. The van der Waals surface area contributed by atoms with Crippen LogP contribution in [-0.4, -0.2) is 36.1 Å². The molecule has 0 heterocycles. The zero-order valence-electron chi connectivity index (χ0n) is 13.2. The second-order valence-electron chi connectivity index (χ2n) is 5.63. The van der Waals surface area contributed by atoms with Crippen molar-refractivity contribution < 1.29 is 0 Å². The lowest BCUT2D eigenvalue weighted by molar-refractivity contribution is 0.0918. The smallest absolute Gasteiger partial charge is 0.0309 e. The number of likely N-dealkylation sites (N-methyl/N-ethyl adjacent to an activating group) is 2. The van der Waals surface area contributed by atoms with Gasteiger partial charge in [-0.1, -0.05) is 51.1 Å². The van der Waals surface area contributed by atoms with Gasteiger partial charge in [-0.25, -0.2) is 0 Å². The van der Waals surface area contributed by atoms with Gasteiger partial charge in [0, 0.05) is 11.6 Å². The summed E-state index contributed by atoms with van der Waals surface area (Å²) in [4.78, 5) is 2.54. The summed E-state index contributed by atoms with van der Waals surface area (Å²) >= 11 is 0. The zero-order chi connectivity index (χ0) is 14.3. The first kappa shape index (κ1) is 16.2. The molecule has 0 saturated carbocycles. The normalized spacial score (nSPS) is 13.8. The largest absolute Gasteiger partial charge is 0.312 e. The van der Waals surface area contributed by atoms with Crippen LogP contribution in [0.5, 0.6) is 0 Å². The van der Waals surface area contributed by atoms with Gasteiger partial charge in [0.05, 0.1) is 0 Å². The number of hydrogen-bond donors (Lipinski definition) is 1. The molecule has 1 rings (SSSR count). The molecule has 0 saturated heterocycles. The van der Waals surface area contributed by atoms with E-state index in [4.69, 9.17) is 0 Å². The minimum Gasteiger partial charge on any atom is -0.312 e. The second-order valence-corrected chi connectivity index (χ2v) is 5.63. The molecular weight excluding hydrogens is 232 g/mol. The molecule has 0 bridgehead atoms. The maximum absolute atomic E-state index is 3.68. The molecule has 1 unspecified atom stereocenters. The van der Waals surface area contributed by atoms with Crippen LogP contribution in [-0.2, 0) is 6.42 Å². The van der Waals surface area contributed by atoms with Gasteiger partial charge < -0.3 is 5.32 Å². The third-order valence-electron chi connectivity index (χ3n) is 4.16. The highest BCUT2D eigenvalue weighted by atomic mass is 15.2. The molecule has 0 radical (unpaired) electrons. The van der Waals surface area contributed by atoms with Crippen molar-refractivity contribution in [3.05, 3.63) is 35.9 Å². The molecule has 1 aromatic rings. The minimum absolute atomic E-state index is 0.162. The van der Waals surface area contributed by atoms with E-state index in [1.807, 2.05) is 0 Å². The number of nitrogens with one attached hydrogen (secondary N) is 1. The van der Waals surface area contributed by atoms with E-state index in [-0.39, 0.29) is 5.54 Å². The van der Waals surface area contributed by atoms with Crippen LogP contribution in [0.4, 0.5) is 0 Å². The van der Waals surface area contributed by atoms with E-state index >= 15 is 0 Å². The lowest BCUT2D eigenvalue weighted by Gasteiger charge is -2.44. The predicted molar refractivity (Wildman–Crippen MR) is 84.6 cm³/mol. The molecule has 108 valence electrons. The summed E-state index contributed by atoms with van der Waals surface area (Å²) in [6.45, 7) is 14.6. The summed E-state index contributed by atoms with van der Waals surface area (Å²) in [7, 11) is 0. The Bertz CT molecular complexity index is 342. The van der Waals surface area contributed by atoms with Gasteiger partial charge in [0.2, 0.25) is 0 Å². The summed E-state index contributed by atoms with van der Waals surface area (Å²) in [6, 6.07) is 11.3. The van der Waals surface area contributed by atoms with Crippen molar-refractivity contribution in [1.29, 1.82) is 0 Å². The van der Waals surface area contributed by atoms with Crippen molar-refractivity contribution in [1.82, 2.24) is 10.2 Å². The molecule has 0 fully saturated rings. The van der Waals surface area contributed by atoms with Gasteiger partial charge >= 0.3 is 0 Å². The summed E-state index contributed by atoms with van der Waals surface area (Å²) in [6.07, 6.45) is 1.08. The van der Waals surface area contributed by atoms with Crippen LogP contribution in [0.3, 0.4) is 0 Å². The zero-order valence-corrected chi connectivity index (χ0v) is 13.2. The summed E-state index contributed by atoms with van der Waals surface area (Å²) in [5, 5.41) is 3.68. The van der Waals surface area contributed by atoms with E-state index in [9.17, 15) is 0 Å². The van der Waals surface area contributed by atoms with Crippen LogP contribution in [0, 0.1) is 0 Å². The van der Waals surface area contributed by atoms with Crippen LogP contribution < -0.4 is 5.32 Å². The maximum atomic E-state index is 3.68. The molecule has 0 aliphatic rings. The Labute approximate surface area is 119 Å². The van der Waals surface area contributed by atoms with Crippen LogP contribution in [0.15, 0.2) is 30.3 Å². The van der Waals surface area contributed by atoms with E-state index < -0.39 is 0 Å². The molecule has 19 heavy (non-hydrogen) atoms. The Balaban J connectivity index is 2.86. The molecule has 1 atom stereocenters. The minimum atomic E-state index is 0.162. The number of rotatable bonds is 8. The van der Waals surface area contributed by atoms with Gasteiger partial charge in [-0.3, -0.25) is 4.90 Å². The highest BCUT2D eigenvalue weighted by Gasteiger charge is 2.33. The molecular formula is C17H30N2. The molecule has 0 spiro atoms. The summed E-state index contributed by atoms with van der Waals surface area (Å²) in [5.74, 6) is 0. The predicted octanol–water partition coefficient (Wildman–Crippen LogP) is 3.33. The Hall–Kier alpha value is -0.860. The first-order valence-corrected chi connectivity index (χ1v) is 7.58. The molecule has 0 amide bonds. The number of benzene rings is 1. The fourth-order valence-electron chi connectivity index (χ4n) is 2.93. The van der Waals surface area contributed by atoms with E-state index in [0.717, 1.165) is 26.1 Å². The lowest BCUT2D eigenvalue weighted by Crippen LogP contribution is -2.58. The average Bonchev–Trinajstić information content (AvgIpc) is 2.40. The van der Waals surface area contributed by atoms with Crippen LogP contribution in [0.25, 0.3) is 0 Å². The van der Waals surface area contributed by atoms with Crippen molar-refractivity contribution in [2.75, 3.05) is 19.6 Å². The molecule has 1 aromatic carbocycles. The first-order valence-electron chi connectivity index (χ1n) is 7.58. The van der Waals surface area contributed by atoms with Crippen LogP contribution in [0.2, 0.25) is 0 Å². The Morgan fingerprint density at radius 3 is 2.11 bits per heavy atom. The fraction of sp³-hybridized carbons (Fsp3) is 0.647.